The Morgan fingerprint density at radius 2 is 2.16 bits per heavy atom. The van der Waals surface area contributed by atoms with Crippen LogP contribution in [-0.2, 0) is 11.2 Å². The van der Waals surface area contributed by atoms with Crippen LogP contribution >= 0.6 is 0 Å². The monoisotopic (exact) mass is 264 g/mol. The quantitative estimate of drug-likeness (QED) is 0.656. The first-order valence-electron chi connectivity index (χ1n) is 6.65. The lowest BCUT2D eigenvalue weighted by atomic mass is 9.88. The van der Waals surface area contributed by atoms with Gasteiger partial charge in [0.15, 0.2) is 0 Å². The number of nitrogens with one attached hydrogen (secondary N) is 1. The molecule has 0 fully saturated rings. The van der Waals surface area contributed by atoms with Crippen LogP contribution in [0.3, 0.4) is 0 Å². The topological polar surface area (TPSA) is 75.3 Å². The first-order chi connectivity index (χ1) is 8.93. The molecule has 0 unspecified atom stereocenters. The van der Waals surface area contributed by atoms with Crippen molar-refractivity contribution < 1.29 is 9.90 Å². The minimum Gasteiger partial charge on any atom is -0.399 e. The van der Waals surface area contributed by atoms with Crippen molar-refractivity contribution in [3.8, 4) is 0 Å². The van der Waals surface area contributed by atoms with Gasteiger partial charge in [-0.3, -0.25) is 4.79 Å². The molecule has 0 spiro atoms. The van der Waals surface area contributed by atoms with E-state index in [4.69, 9.17) is 10.8 Å². The number of carbonyl (C=O) groups excluding carboxylic acids is 1. The predicted molar refractivity (Wildman–Crippen MR) is 77.7 cm³/mol. The molecule has 0 radical (unpaired) electrons. The van der Waals surface area contributed by atoms with Gasteiger partial charge in [0, 0.05) is 18.8 Å². The third-order valence-corrected chi connectivity index (χ3v) is 3.09. The maximum Gasteiger partial charge on any atom is 0.224 e. The van der Waals surface area contributed by atoms with Crippen molar-refractivity contribution in [2.24, 2.45) is 5.41 Å². The van der Waals surface area contributed by atoms with Gasteiger partial charge in [0.05, 0.1) is 6.42 Å². The van der Waals surface area contributed by atoms with Crippen LogP contribution in [0.15, 0.2) is 24.3 Å². The van der Waals surface area contributed by atoms with Crippen LogP contribution in [-0.4, -0.2) is 24.2 Å². The number of nitrogen functional groups attached to an aromatic ring is 1. The third kappa shape index (κ3) is 6.25. The van der Waals surface area contributed by atoms with Gasteiger partial charge in [-0.15, -0.1) is 0 Å². The summed E-state index contributed by atoms with van der Waals surface area (Å²) in [6.45, 7) is 4.99. The second kappa shape index (κ2) is 7.14. The molecule has 0 aromatic heterocycles. The summed E-state index contributed by atoms with van der Waals surface area (Å²) >= 11 is 0. The summed E-state index contributed by atoms with van der Waals surface area (Å²) in [6.07, 6.45) is 2.00. The molecule has 0 bridgehead atoms. The average molecular weight is 264 g/mol. The first-order valence-corrected chi connectivity index (χ1v) is 6.65. The largest absolute Gasteiger partial charge is 0.399 e. The molecule has 4 heteroatoms. The van der Waals surface area contributed by atoms with Crippen LogP contribution in [0.1, 0.15) is 32.3 Å². The highest BCUT2D eigenvalue weighted by Crippen LogP contribution is 2.20. The molecule has 0 aliphatic rings. The fourth-order valence-corrected chi connectivity index (χ4v) is 1.93. The van der Waals surface area contributed by atoms with E-state index < -0.39 is 0 Å². The first kappa shape index (κ1) is 15.5. The smallest absolute Gasteiger partial charge is 0.224 e. The Morgan fingerprint density at radius 3 is 2.79 bits per heavy atom. The van der Waals surface area contributed by atoms with Gasteiger partial charge in [0.25, 0.3) is 0 Å². The zero-order chi connectivity index (χ0) is 14.3. The molecule has 0 aliphatic heterocycles. The van der Waals surface area contributed by atoms with Gasteiger partial charge in [0.2, 0.25) is 5.91 Å². The van der Waals surface area contributed by atoms with Crippen molar-refractivity contribution in [3.63, 3.8) is 0 Å². The molecule has 106 valence electrons. The van der Waals surface area contributed by atoms with E-state index in [0.717, 1.165) is 18.4 Å². The van der Waals surface area contributed by atoms with E-state index in [1.807, 2.05) is 18.2 Å². The summed E-state index contributed by atoms with van der Waals surface area (Å²) in [5.74, 6) is 0.00248. The van der Waals surface area contributed by atoms with E-state index in [0.29, 0.717) is 18.7 Å². The van der Waals surface area contributed by atoms with Crippen LogP contribution in [0.25, 0.3) is 0 Å². The highest BCUT2D eigenvalue weighted by Gasteiger charge is 2.18. The minimum absolute atomic E-state index is 0.00248. The number of aliphatic hydroxyl groups excluding tert-OH is 1. The van der Waals surface area contributed by atoms with Crippen LogP contribution in [0.2, 0.25) is 0 Å². The average Bonchev–Trinajstić information content (AvgIpc) is 2.34. The number of hydrogen-bond donors (Lipinski definition) is 3. The second-order valence-corrected chi connectivity index (χ2v) is 5.69. The zero-order valence-electron chi connectivity index (χ0n) is 11.8. The maximum absolute atomic E-state index is 11.8. The van der Waals surface area contributed by atoms with Gasteiger partial charge in [-0.2, -0.15) is 0 Å². The Balaban J connectivity index is 2.39. The molecule has 0 atom stereocenters. The predicted octanol–water partition coefficient (Wildman–Crippen LogP) is 1.73. The molecule has 0 aliphatic carbocycles. The van der Waals surface area contributed by atoms with Crippen LogP contribution in [0, 0.1) is 5.41 Å². The molecule has 1 rings (SSSR count). The summed E-state index contributed by atoms with van der Waals surface area (Å²) in [5.41, 5.74) is 7.28. The number of benzene rings is 1. The van der Waals surface area contributed by atoms with E-state index in [1.54, 1.807) is 6.07 Å². The number of nitrogens with two attached hydrogens (primary N) is 1. The Kier molecular flexibility index (Phi) is 5.83. The van der Waals surface area contributed by atoms with E-state index in [9.17, 15) is 4.79 Å². The lowest BCUT2D eigenvalue weighted by Crippen LogP contribution is -2.35. The summed E-state index contributed by atoms with van der Waals surface area (Å²) in [5, 5.41) is 11.8. The van der Waals surface area contributed by atoms with Gasteiger partial charge in [0.1, 0.15) is 0 Å². The van der Waals surface area contributed by atoms with Crippen molar-refractivity contribution in [3.05, 3.63) is 29.8 Å². The van der Waals surface area contributed by atoms with Crippen LogP contribution < -0.4 is 11.1 Å². The Bertz CT molecular complexity index is 416. The molecule has 0 heterocycles. The van der Waals surface area contributed by atoms with E-state index in [1.165, 1.54) is 0 Å². The lowest BCUT2D eigenvalue weighted by Gasteiger charge is -2.24. The molecule has 1 aromatic rings. The highest BCUT2D eigenvalue weighted by atomic mass is 16.2. The lowest BCUT2D eigenvalue weighted by molar-refractivity contribution is -0.120. The number of carbonyl (C=O) groups is 1. The second-order valence-electron chi connectivity index (χ2n) is 5.69. The molecule has 0 saturated heterocycles. The molecule has 0 saturated carbocycles. The number of rotatable bonds is 7. The van der Waals surface area contributed by atoms with E-state index in [-0.39, 0.29) is 17.9 Å². The Hall–Kier alpha value is -1.55. The van der Waals surface area contributed by atoms with Crippen LogP contribution in [0.4, 0.5) is 5.69 Å². The van der Waals surface area contributed by atoms with Gasteiger partial charge >= 0.3 is 0 Å². The van der Waals surface area contributed by atoms with Crippen molar-refractivity contribution in [2.75, 3.05) is 18.9 Å². The summed E-state index contributed by atoms with van der Waals surface area (Å²) in [6, 6.07) is 7.37. The fourth-order valence-electron chi connectivity index (χ4n) is 1.93. The van der Waals surface area contributed by atoms with Gasteiger partial charge < -0.3 is 16.2 Å². The molecule has 1 aromatic carbocycles. The maximum atomic E-state index is 11.8. The van der Waals surface area contributed by atoms with E-state index in [2.05, 4.69) is 19.2 Å². The number of aliphatic hydroxyl groups is 1. The fraction of sp³-hybridized carbons (Fsp3) is 0.533. The summed E-state index contributed by atoms with van der Waals surface area (Å²) < 4.78 is 0. The van der Waals surface area contributed by atoms with Crippen molar-refractivity contribution in [1.82, 2.24) is 5.32 Å². The number of amides is 1. The highest BCUT2D eigenvalue weighted by molar-refractivity contribution is 5.78. The van der Waals surface area contributed by atoms with Gasteiger partial charge in [-0.1, -0.05) is 26.0 Å². The SMILES string of the molecule is CC(C)(CCCO)CNC(=O)Cc1cccc(N)c1. The number of hydrogen-bond acceptors (Lipinski definition) is 3. The van der Waals surface area contributed by atoms with E-state index >= 15 is 0 Å². The van der Waals surface area contributed by atoms with Gasteiger partial charge in [-0.05, 0) is 36.0 Å². The zero-order valence-corrected chi connectivity index (χ0v) is 11.8. The third-order valence-electron chi connectivity index (χ3n) is 3.09. The minimum atomic E-state index is 0.00248. The molecule has 19 heavy (non-hydrogen) atoms. The van der Waals surface area contributed by atoms with Crippen molar-refractivity contribution >= 4 is 11.6 Å². The number of anilines is 1. The molecule has 4 N–H and O–H groups in total. The molecule has 1 amide bonds. The molecular formula is C15H24N2O2. The summed E-state index contributed by atoms with van der Waals surface area (Å²) in [7, 11) is 0. The Labute approximate surface area is 115 Å². The van der Waals surface area contributed by atoms with Crippen LogP contribution in [0.5, 0.6) is 0 Å². The molecule has 4 nitrogen and oxygen atoms in total. The van der Waals surface area contributed by atoms with Crippen molar-refractivity contribution in [1.29, 1.82) is 0 Å². The van der Waals surface area contributed by atoms with Gasteiger partial charge in [-0.25, -0.2) is 0 Å². The Morgan fingerprint density at radius 1 is 1.42 bits per heavy atom. The van der Waals surface area contributed by atoms with Crippen molar-refractivity contribution in [2.45, 2.75) is 33.1 Å². The molecular weight excluding hydrogens is 240 g/mol. The standard InChI is InChI=1S/C15H24N2O2/c1-15(2,7-4-8-18)11-17-14(19)10-12-5-3-6-13(16)9-12/h3,5-6,9,18H,4,7-8,10-11,16H2,1-2H3,(H,17,19). The normalized spacial score (nSPS) is 11.3. The summed E-state index contributed by atoms with van der Waals surface area (Å²) in [4.78, 5) is 11.8.